The predicted octanol–water partition coefficient (Wildman–Crippen LogP) is 14.9. The molecule has 4 aromatic rings. The van der Waals surface area contributed by atoms with Crippen LogP contribution >= 0.6 is 0 Å². The third-order valence-electron chi connectivity index (χ3n) is 16.7. The topological polar surface area (TPSA) is 158 Å². The minimum absolute atomic E-state index is 0.00542. The molecule has 14 heteroatoms. The van der Waals surface area contributed by atoms with Crippen molar-refractivity contribution < 1.29 is 66.0 Å². The summed E-state index contributed by atoms with van der Waals surface area (Å²) in [6.07, 6.45) is 20.3. The zero-order valence-corrected chi connectivity index (χ0v) is 45.3. The van der Waals surface area contributed by atoms with Crippen LogP contribution < -0.4 is 28.4 Å². The summed E-state index contributed by atoms with van der Waals surface area (Å²) in [5, 5.41) is 0. The van der Waals surface area contributed by atoms with Crippen molar-refractivity contribution in [1.29, 1.82) is 0 Å². The highest BCUT2D eigenvalue weighted by Crippen LogP contribution is 2.40. The maximum absolute atomic E-state index is 14.6. The Morgan fingerprint density at radius 1 is 0.359 bits per heavy atom. The summed E-state index contributed by atoms with van der Waals surface area (Å²) in [6, 6.07) is 20.0. The molecule has 4 fully saturated rings. The number of unbranched alkanes of at least 4 members (excludes halogenated alkanes) is 4. The van der Waals surface area contributed by atoms with Gasteiger partial charge in [-0.1, -0.05) is 65.2 Å². The van der Waals surface area contributed by atoms with Gasteiger partial charge in [-0.2, -0.15) is 0 Å². The van der Waals surface area contributed by atoms with E-state index in [9.17, 15) is 37.5 Å². The van der Waals surface area contributed by atoms with Crippen LogP contribution in [0.3, 0.4) is 0 Å². The van der Waals surface area contributed by atoms with Gasteiger partial charge in [0.25, 0.3) is 0 Å². The zero-order valence-electron chi connectivity index (χ0n) is 45.3. The van der Waals surface area contributed by atoms with Crippen molar-refractivity contribution in [3.63, 3.8) is 0 Å². The van der Waals surface area contributed by atoms with Crippen LogP contribution in [0.25, 0.3) is 11.1 Å². The van der Waals surface area contributed by atoms with E-state index in [1.165, 1.54) is 69.6 Å². The van der Waals surface area contributed by atoms with E-state index in [2.05, 4.69) is 13.8 Å². The van der Waals surface area contributed by atoms with Gasteiger partial charge in [0.05, 0.1) is 35.5 Å². The van der Waals surface area contributed by atoms with Crippen LogP contribution in [0.5, 0.6) is 34.5 Å². The predicted molar refractivity (Wildman–Crippen MR) is 289 cm³/mol. The van der Waals surface area contributed by atoms with Crippen LogP contribution in [0.4, 0.5) is 8.78 Å². The highest BCUT2D eigenvalue weighted by Gasteiger charge is 2.35. The molecule has 0 bridgehead atoms. The zero-order chi connectivity index (χ0) is 55.0. The van der Waals surface area contributed by atoms with Crippen LogP contribution in [0.1, 0.15) is 168 Å². The van der Waals surface area contributed by atoms with Gasteiger partial charge in [-0.3, -0.25) is 28.8 Å². The molecule has 78 heavy (non-hydrogen) atoms. The quantitative estimate of drug-likeness (QED) is 0.0442. The molecule has 418 valence electrons. The maximum Gasteiger partial charge on any atom is 0.314 e. The molecule has 0 heterocycles. The Morgan fingerprint density at radius 3 is 0.962 bits per heavy atom. The fraction of sp³-hybridized carbons (Fsp3) is 0.531. The van der Waals surface area contributed by atoms with Gasteiger partial charge in [-0.05, 0) is 199 Å². The monoisotopic (exact) mass is 1070 g/mol. The Hall–Kier alpha value is -6.44. The molecule has 0 amide bonds. The Balaban J connectivity index is 0.775. The summed E-state index contributed by atoms with van der Waals surface area (Å²) in [4.78, 5) is 79.4. The number of hydrogen-bond acceptors (Lipinski definition) is 12. The molecule has 0 aliphatic heterocycles. The van der Waals surface area contributed by atoms with Crippen molar-refractivity contribution in [3.8, 4) is 45.6 Å². The molecule has 4 aromatic carbocycles. The van der Waals surface area contributed by atoms with Crippen molar-refractivity contribution in [2.75, 3.05) is 0 Å². The first-order valence-corrected chi connectivity index (χ1v) is 28.9. The molecule has 4 saturated carbocycles. The van der Waals surface area contributed by atoms with Crippen LogP contribution in [0, 0.1) is 59.0 Å². The second-order valence-electron chi connectivity index (χ2n) is 22.3. The second-order valence-corrected chi connectivity index (χ2v) is 22.3. The first-order valence-electron chi connectivity index (χ1n) is 28.9. The van der Waals surface area contributed by atoms with Crippen molar-refractivity contribution in [3.05, 3.63) is 96.6 Å². The van der Waals surface area contributed by atoms with Crippen LogP contribution in [0.15, 0.2) is 84.9 Å². The van der Waals surface area contributed by atoms with Crippen molar-refractivity contribution in [2.45, 2.75) is 168 Å². The van der Waals surface area contributed by atoms with E-state index in [0.717, 1.165) is 69.6 Å². The van der Waals surface area contributed by atoms with Crippen LogP contribution in [0.2, 0.25) is 0 Å². The molecule has 4 aliphatic carbocycles. The number of halogens is 2. The molecular weight excluding hydrogens is 999 g/mol. The van der Waals surface area contributed by atoms with Crippen molar-refractivity contribution in [2.24, 2.45) is 47.3 Å². The number of benzene rings is 4. The normalized spacial score (nSPS) is 23.3. The van der Waals surface area contributed by atoms with Gasteiger partial charge in [0.15, 0.2) is 0 Å². The molecule has 0 atom stereocenters. The summed E-state index contributed by atoms with van der Waals surface area (Å²) in [5.41, 5.74) is 0.180. The molecule has 4 aliphatic rings. The Morgan fingerprint density at radius 2 is 0.641 bits per heavy atom. The first-order chi connectivity index (χ1) is 37.8. The van der Waals surface area contributed by atoms with Crippen molar-refractivity contribution in [1.82, 2.24) is 0 Å². The number of rotatable bonds is 21. The average molecular weight is 1080 g/mol. The third kappa shape index (κ3) is 16.5. The van der Waals surface area contributed by atoms with Gasteiger partial charge in [-0.15, -0.1) is 0 Å². The van der Waals surface area contributed by atoms with E-state index in [1.807, 2.05) is 0 Å². The second kappa shape index (κ2) is 28.4. The van der Waals surface area contributed by atoms with E-state index in [1.54, 1.807) is 48.5 Å². The van der Waals surface area contributed by atoms with Gasteiger partial charge >= 0.3 is 35.8 Å². The summed E-state index contributed by atoms with van der Waals surface area (Å²) < 4.78 is 63.6. The molecule has 0 N–H and O–H groups in total. The Bertz CT molecular complexity index is 2630. The van der Waals surface area contributed by atoms with E-state index in [4.69, 9.17) is 28.4 Å². The third-order valence-corrected chi connectivity index (χ3v) is 16.7. The van der Waals surface area contributed by atoms with Crippen LogP contribution in [-0.2, 0) is 28.8 Å². The van der Waals surface area contributed by atoms with Gasteiger partial charge in [0, 0.05) is 11.6 Å². The molecule has 8 rings (SSSR count). The van der Waals surface area contributed by atoms with Gasteiger partial charge < -0.3 is 28.4 Å². The lowest BCUT2D eigenvalue weighted by molar-refractivity contribution is -0.145. The Labute approximate surface area is 457 Å². The fourth-order valence-electron chi connectivity index (χ4n) is 11.8. The molecule has 0 unspecified atom stereocenters. The standard InChI is InChI=1S/C64H76F2O12/c1-3-5-7-9-41-11-15-43(16-12-41)59(67)73-52-27-31-54(32-28-52)75-61(69)45-19-21-47(22-20-45)63(71)77-56-35-36-58(57(40-56)49-37-50(65)39-51(66)38-49)78-64(72)48-25-23-46(24-26-48)62(70)76-55-33-29-53(30-34-55)74-60(68)44-17-13-42(14-18-44)10-8-6-4-2/h27-48H,3-26H2,1-2H3. The molecular formula is C64H76F2O12. The lowest BCUT2D eigenvalue weighted by atomic mass is 9.80. The van der Waals surface area contributed by atoms with Crippen LogP contribution in [-0.4, -0.2) is 35.8 Å². The summed E-state index contributed by atoms with van der Waals surface area (Å²) >= 11 is 0. The molecule has 0 spiro atoms. The summed E-state index contributed by atoms with van der Waals surface area (Å²) in [6.45, 7) is 4.41. The first kappa shape index (κ1) is 57.7. The molecule has 0 radical (unpaired) electrons. The Kier molecular flexibility index (Phi) is 21.1. The fourth-order valence-corrected chi connectivity index (χ4v) is 11.8. The van der Waals surface area contributed by atoms with E-state index >= 15 is 0 Å². The minimum atomic E-state index is -0.858. The smallest absolute Gasteiger partial charge is 0.314 e. The molecule has 0 saturated heterocycles. The minimum Gasteiger partial charge on any atom is -0.426 e. The average Bonchev–Trinajstić information content (AvgIpc) is 3.46. The summed E-state index contributed by atoms with van der Waals surface area (Å²) in [7, 11) is 0. The van der Waals surface area contributed by atoms with E-state index in [0.29, 0.717) is 86.2 Å². The number of hydrogen-bond donors (Lipinski definition) is 0. The lowest BCUT2D eigenvalue weighted by Crippen LogP contribution is -2.30. The van der Waals surface area contributed by atoms with Gasteiger partial charge in [0.2, 0.25) is 0 Å². The highest BCUT2D eigenvalue weighted by molar-refractivity contribution is 5.83. The lowest BCUT2D eigenvalue weighted by Gasteiger charge is -2.27. The highest BCUT2D eigenvalue weighted by atomic mass is 19.1. The number of ether oxygens (including phenoxy) is 6. The largest absolute Gasteiger partial charge is 0.426 e. The molecule has 0 aromatic heterocycles. The van der Waals surface area contributed by atoms with E-state index in [-0.39, 0.29) is 46.4 Å². The van der Waals surface area contributed by atoms with E-state index < -0.39 is 59.2 Å². The maximum atomic E-state index is 14.6. The number of carbonyl (C=O) groups is 6. The van der Waals surface area contributed by atoms with Crippen molar-refractivity contribution >= 4 is 35.8 Å². The number of carbonyl (C=O) groups excluding carboxylic acids is 6. The van der Waals surface area contributed by atoms with Gasteiger partial charge in [-0.25, -0.2) is 8.78 Å². The SMILES string of the molecule is CCCCCC1CCC(C(=O)Oc2ccc(OC(=O)C3CCC(C(=O)Oc4ccc(OC(=O)C5CCC(C(=O)Oc6ccc(OC(=O)C7CCC(CCCCC)CC7)cc6)CC5)c(-c5cc(F)cc(F)c5)c4)CC3)cc2)CC1. The molecule has 12 nitrogen and oxygen atoms in total. The number of esters is 6. The van der Waals surface area contributed by atoms with Gasteiger partial charge in [0.1, 0.15) is 46.1 Å². The summed E-state index contributed by atoms with van der Waals surface area (Å²) in [5.74, 6) is -3.50.